The number of aromatic nitrogens is 1. The average Bonchev–Trinajstić information content (AvgIpc) is 3.08. The highest BCUT2D eigenvalue weighted by Crippen LogP contribution is 2.26. The molecule has 7 heteroatoms. The van der Waals surface area contributed by atoms with E-state index in [4.69, 9.17) is 4.74 Å². The van der Waals surface area contributed by atoms with Gasteiger partial charge in [0.1, 0.15) is 33.8 Å². The summed E-state index contributed by atoms with van der Waals surface area (Å²) in [6, 6.07) is 10.6. The first-order chi connectivity index (χ1) is 11.6. The summed E-state index contributed by atoms with van der Waals surface area (Å²) >= 11 is 1.26. The van der Waals surface area contributed by atoms with E-state index in [1.807, 2.05) is 12.1 Å². The molecule has 0 fully saturated rings. The molecule has 1 aromatic heterocycles. The van der Waals surface area contributed by atoms with Crippen molar-refractivity contribution >= 4 is 22.9 Å². The molecule has 122 valence electrons. The first-order valence-corrected chi connectivity index (χ1v) is 7.82. The van der Waals surface area contributed by atoms with Gasteiger partial charge in [0.25, 0.3) is 5.91 Å². The highest BCUT2D eigenvalue weighted by atomic mass is 32.1. The fourth-order valence-electron chi connectivity index (χ4n) is 2.04. The molecule has 24 heavy (non-hydrogen) atoms. The van der Waals surface area contributed by atoms with Gasteiger partial charge in [0.15, 0.2) is 0 Å². The Hall–Kier alpha value is -2.80. The van der Waals surface area contributed by atoms with Crippen LogP contribution in [0, 0.1) is 11.6 Å². The summed E-state index contributed by atoms with van der Waals surface area (Å²) in [4.78, 5) is 16.4. The number of nitrogens with zero attached hydrogens (tertiary/aromatic N) is 1. The molecule has 0 bridgehead atoms. The van der Waals surface area contributed by atoms with Gasteiger partial charge in [-0.05, 0) is 36.4 Å². The van der Waals surface area contributed by atoms with E-state index in [1.54, 1.807) is 19.2 Å². The summed E-state index contributed by atoms with van der Waals surface area (Å²) < 4.78 is 32.3. The maximum Gasteiger partial charge on any atom is 0.275 e. The smallest absolute Gasteiger partial charge is 0.275 e. The molecule has 2 aromatic carbocycles. The predicted molar refractivity (Wildman–Crippen MR) is 88.4 cm³/mol. The van der Waals surface area contributed by atoms with E-state index in [0.29, 0.717) is 10.8 Å². The van der Waals surface area contributed by atoms with Crippen LogP contribution in [-0.4, -0.2) is 18.0 Å². The monoisotopic (exact) mass is 346 g/mol. The van der Waals surface area contributed by atoms with Crippen LogP contribution in [0.3, 0.4) is 0 Å². The molecule has 3 rings (SSSR count). The van der Waals surface area contributed by atoms with Crippen LogP contribution >= 0.6 is 11.3 Å². The molecule has 0 spiro atoms. The van der Waals surface area contributed by atoms with Gasteiger partial charge in [-0.3, -0.25) is 4.79 Å². The molecule has 3 aromatic rings. The van der Waals surface area contributed by atoms with Gasteiger partial charge in [0.05, 0.1) is 7.11 Å². The van der Waals surface area contributed by atoms with Gasteiger partial charge in [0, 0.05) is 10.9 Å². The number of hydrogen-bond donors (Lipinski definition) is 1. The number of rotatable bonds is 4. The van der Waals surface area contributed by atoms with Crippen LogP contribution in [0.5, 0.6) is 5.75 Å². The summed E-state index contributed by atoms with van der Waals surface area (Å²) in [6.45, 7) is 0. The first kappa shape index (κ1) is 16.1. The number of para-hydroxylation sites is 1. The number of ether oxygens (including phenoxy) is 1. The molecule has 0 aliphatic carbocycles. The molecule has 0 aliphatic heterocycles. The molecule has 0 saturated heterocycles. The number of carbonyl (C=O) groups excluding carboxylic acids is 1. The Labute approximate surface area is 140 Å². The zero-order chi connectivity index (χ0) is 17.1. The fraction of sp³-hybridized carbons (Fsp3) is 0.0588. The van der Waals surface area contributed by atoms with E-state index in [9.17, 15) is 13.6 Å². The van der Waals surface area contributed by atoms with Crippen molar-refractivity contribution in [3.05, 3.63) is 65.2 Å². The number of thiazole rings is 1. The Kier molecular flexibility index (Phi) is 4.52. The Bertz CT molecular complexity index is 858. The van der Waals surface area contributed by atoms with Gasteiger partial charge in [-0.15, -0.1) is 11.3 Å². The van der Waals surface area contributed by atoms with Crippen LogP contribution in [0.1, 0.15) is 10.5 Å². The van der Waals surface area contributed by atoms with Gasteiger partial charge < -0.3 is 10.1 Å². The van der Waals surface area contributed by atoms with Crippen molar-refractivity contribution in [2.24, 2.45) is 0 Å². The fourth-order valence-corrected chi connectivity index (χ4v) is 2.85. The molecule has 0 radical (unpaired) electrons. The third-order valence-corrected chi connectivity index (χ3v) is 4.17. The zero-order valence-corrected chi connectivity index (χ0v) is 13.4. The summed E-state index contributed by atoms with van der Waals surface area (Å²) in [5.41, 5.74) is 0.423. The number of carbonyl (C=O) groups is 1. The topological polar surface area (TPSA) is 51.2 Å². The number of hydrogen-bond acceptors (Lipinski definition) is 4. The molecular weight excluding hydrogens is 334 g/mol. The van der Waals surface area contributed by atoms with E-state index in [2.05, 4.69) is 10.3 Å². The number of methoxy groups -OCH3 is 1. The van der Waals surface area contributed by atoms with Crippen molar-refractivity contribution in [1.29, 1.82) is 0 Å². The Morgan fingerprint density at radius 3 is 2.42 bits per heavy atom. The van der Waals surface area contributed by atoms with Gasteiger partial charge in [-0.25, -0.2) is 13.8 Å². The molecule has 1 amide bonds. The van der Waals surface area contributed by atoms with Crippen LogP contribution in [-0.2, 0) is 0 Å². The lowest BCUT2D eigenvalue weighted by atomic mass is 10.2. The summed E-state index contributed by atoms with van der Waals surface area (Å²) in [5, 5.41) is 4.37. The highest BCUT2D eigenvalue weighted by Gasteiger charge is 2.16. The standard InChI is InChI=1S/C17H12F2N2O2S/c1-23-11-7-5-10(6-8-11)17-20-14(9-24-17)16(22)21-15-12(18)3-2-4-13(15)19/h2-9H,1H3,(H,21,22). The first-order valence-electron chi connectivity index (χ1n) is 6.94. The van der Waals surface area contributed by atoms with Crippen LogP contribution < -0.4 is 10.1 Å². The number of halogens is 2. The minimum absolute atomic E-state index is 0.0912. The molecule has 4 nitrogen and oxygen atoms in total. The van der Waals surface area contributed by atoms with Crippen molar-refractivity contribution in [3.63, 3.8) is 0 Å². The third kappa shape index (κ3) is 3.26. The number of nitrogens with one attached hydrogen (secondary N) is 1. The quantitative estimate of drug-likeness (QED) is 0.764. The summed E-state index contributed by atoms with van der Waals surface area (Å²) in [6.07, 6.45) is 0. The van der Waals surface area contributed by atoms with E-state index in [0.717, 1.165) is 17.7 Å². The third-order valence-electron chi connectivity index (χ3n) is 3.28. The summed E-state index contributed by atoms with van der Waals surface area (Å²) in [5.74, 6) is -1.64. The van der Waals surface area contributed by atoms with Crippen molar-refractivity contribution < 1.29 is 18.3 Å². The van der Waals surface area contributed by atoms with Gasteiger partial charge in [-0.2, -0.15) is 0 Å². The van der Waals surface area contributed by atoms with Gasteiger partial charge in [0.2, 0.25) is 0 Å². The Morgan fingerprint density at radius 2 is 1.79 bits per heavy atom. The Balaban J connectivity index is 1.80. The van der Waals surface area contributed by atoms with E-state index >= 15 is 0 Å². The molecule has 0 aliphatic rings. The maximum atomic E-state index is 13.6. The van der Waals surface area contributed by atoms with Crippen molar-refractivity contribution in [1.82, 2.24) is 4.98 Å². The van der Waals surface area contributed by atoms with Crippen molar-refractivity contribution in [2.75, 3.05) is 12.4 Å². The molecule has 0 saturated carbocycles. The van der Waals surface area contributed by atoms with Crippen LogP contribution in [0.2, 0.25) is 0 Å². The second-order valence-corrected chi connectivity index (χ2v) is 5.68. The van der Waals surface area contributed by atoms with E-state index in [1.165, 1.54) is 22.8 Å². The molecule has 1 heterocycles. The number of benzene rings is 2. The zero-order valence-electron chi connectivity index (χ0n) is 12.5. The summed E-state index contributed by atoms with van der Waals surface area (Å²) in [7, 11) is 1.57. The minimum Gasteiger partial charge on any atom is -0.497 e. The van der Waals surface area contributed by atoms with Crippen molar-refractivity contribution in [2.45, 2.75) is 0 Å². The predicted octanol–water partition coefficient (Wildman–Crippen LogP) is 4.35. The second kappa shape index (κ2) is 6.76. The molecule has 0 unspecified atom stereocenters. The van der Waals surface area contributed by atoms with E-state index in [-0.39, 0.29) is 5.69 Å². The van der Waals surface area contributed by atoms with Crippen LogP contribution in [0.15, 0.2) is 47.8 Å². The number of anilines is 1. The largest absolute Gasteiger partial charge is 0.497 e. The van der Waals surface area contributed by atoms with Crippen LogP contribution in [0.25, 0.3) is 10.6 Å². The van der Waals surface area contributed by atoms with Gasteiger partial charge >= 0.3 is 0 Å². The lowest BCUT2D eigenvalue weighted by molar-refractivity contribution is 0.102. The SMILES string of the molecule is COc1ccc(-c2nc(C(=O)Nc3c(F)cccc3F)cs2)cc1. The number of amides is 1. The van der Waals surface area contributed by atoms with Crippen molar-refractivity contribution in [3.8, 4) is 16.3 Å². The highest BCUT2D eigenvalue weighted by molar-refractivity contribution is 7.13. The molecule has 1 N–H and O–H groups in total. The molecule has 0 atom stereocenters. The van der Waals surface area contributed by atoms with Crippen LogP contribution in [0.4, 0.5) is 14.5 Å². The lowest BCUT2D eigenvalue weighted by Gasteiger charge is -2.05. The Morgan fingerprint density at radius 1 is 1.12 bits per heavy atom. The normalized spacial score (nSPS) is 10.5. The van der Waals surface area contributed by atoms with E-state index < -0.39 is 23.2 Å². The second-order valence-electron chi connectivity index (χ2n) is 4.82. The molecular formula is C17H12F2N2O2S. The lowest BCUT2D eigenvalue weighted by Crippen LogP contribution is -2.14. The minimum atomic E-state index is -0.839. The average molecular weight is 346 g/mol. The van der Waals surface area contributed by atoms with Gasteiger partial charge in [-0.1, -0.05) is 6.07 Å². The maximum absolute atomic E-state index is 13.6.